The number of aromatic hydroxyl groups is 1. The Morgan fingerprint density at radius 2 is 2.14 bits per heavy atom. The van der Waals surface area contributed by atoms with E-state index in [2.05, 4.69) is 26.1 Å². The van der Waals surface area contributed by atoms with Crippen LogP contribution in [0.3, 0.4) is 0 Å². The molecule has 2 atom stereocenters. The number of carbonyl (C=O) groups excluding carboxylic acids is 1. The van der Waals surface area contributed by atoms with Gasteiger partial charge in [0.2, 0.25) is 5.91 Å². The molecule has 21 heavy (non-hydrogen) atoms. The Morgan fingerprint density at radius 1 is 1.43 bits per heavy atom. The predicted octanol–water partition coefficient (Wildman–Crippen LogP) is 3.80. The maximum atomic E-state index is 12.6. The van der Waals surface area contributed by atoms with E-state index in [1.165, 1.54) is 19.6 Å². The van der Waals surface area contributed by atoms with Crippen molar-refractivity contribution in [2.75, 3.05) is 12.4 Å². The van der Waals surface area contributed by atoms with Crippen molar-refractivity contribution < 1.29 is 14.6 Å². The van der Waals surface area contributed by atoms with Gasteiger partial charge in [0.15, 0.2) is 11.5 Å². The summed E-state index contributed by atoms with van der Waals surface area (Å²) in [5, 5.41) is 12.7. The van der Waals surface area contributed by atoms with Crippen molar-refractivity contribution in [3.63, 3.8) is 0 Å². The maximum Gasteiger partial charge on any atom is 0.228 e. The molecule has 4 heteroatoms. The first-order chi connectivity index (χ1) is 9.85. The molecule has 0 radical (unpaired) electrons. The summed E-state index contributed by atoms with van der Waals surface area (Å²) in [5.41, 5.74) is 0.614. The minimum atomic E-state index is -0.00417. The average molecular weight is 291 g/mol. The van der Waals surface area contributed by atoms with Gasteiger partial charge in [0.1, 0.15) is 0 Å². The number of carbonyl (C=O) groups is 1. The van der Waals surface area contributed by atoms with Gasteiger partial charge in [-0.1, -0.05) is 27.2 Å². The molecular formula is C17H25NO3. The number of benzene rings is 1. The second kappa shape index (κ2) is 5.96. The topological polar surface area (TPSA) is 58.6 Å². The molecule has 0 aliphatic heterocycles. The van der Waals surface area contributed by atoms with Crippen LogP contribution in [0.2, 0.25) is 0 Å². The van der Waals surface area contributed by atoms with Crippen LogP contribution in [0, 0.1) is 17.3 Å². The molecular weight excluding hydrogens is 266 g/mol. The summed E-state index contributed by atoms with van der Waals surface area (Å²) in [6, 6.07) is 4.93. The summed E-state index contributed by atoms with van der Waals surface area (Å²) in [6.45, 7) is 6.48. The lowest BCUT2D eigenvalue weighted by atomic mass is 9.64. The van der Waals surface area contributed by atoms with Crippen LogP contribution in [0.1, 0.15) is 40.0 Å². The van der Waals surface area contributed by atoms with Crippen molar-refractivity contribution in [2.45, 2.75) is 40.0 Å². The van der Waals surface area contributed by atoms with E-state index in [0.717, 1.165) is 12.8 Å². The molecule has 0 aromatic heterocycles. The molecule has 0 saturated heterocycles. The van der Waals surface area contributed by atoms with E-state index in [1.54, 1.807) is 12.1 Å². The second-order valence-corrected chi connectivity index (χ2v) is 6.71. The van der Waals surface area contributed by atoms with Gasteiger partial charge < -0.3 is 15.2 Å². The molecule has 116 valence electrons. The number of rotatable bonds is 3. The third kappa shape index (κ3) is 3.31. The van der Waals surface area contributed by atoms with Crippen molar-refractivity contribution >= 4 is 11.6 Å². The largest absolute Gasteiger partial charge is 0.504 e. The Labute approximate surface area is 126 Å². The first kappa shape index (κ1) is 15.7. The van der Waals surface area contributed by atoms with E-state index in [1.807, 2.05) is 0 Å². The summed E-state index contributed by atoms with van der Waals surface area (Å²) < 4.78 is 5.01. The molecule has 2 unspecified atom stereocenters. The Kier molecular flexibility index (Phi) is 4.45. The summed E-state index contributed by atoms with van der Waals surface area (Å²) >= 11 is 0. The van der Waals surface area contributed by atoms with E-state index in [9.17, 15) is 9.90 Å². The standard InChI is InChI=1S/C17H25NO3/c1-11-6-5-9-17(2,3)15(11)16(20)18-12-7-8-14(21-4)13(19)10-12/h7-8,10-11,15,19H,5-6,9H2,1-4H3,(H,18,20). The fraction of sp³-hybridized carbons (Fsp3) is 0.588. The van der Waals surface area contributed by atoms with Gasteiger partial charge in [0.25, 0.3) is 0 Å². The third-order valence-electron chi connectivity index (χ3n) is 4.62. The summed E-state index contributed by atoms with van der Waals surface area (Å²) in [4.78, 5) is 12.6. The van der Waals surface area contributed by atoms with Crippen LogP contribution >= 0.6 is 0 Å². The van der Waals surface area contributed by atoms with Gasteiger partial charge in [-0.15, -0.1) is 0 Å². The Balaban J connectivity index is 2.15. The van der Waals surface area contributed by atoms with Gasteiger partial charge in [0, 0.05) is 17.7 Å². The fourth-order valence-corrected chi connectivity index (χ4v) is 3.57. The summed E-state index contributed by atoms with van der Waals surface area (Å²) in [6.07, 6.45) is 3.35. The normalized spacial score (nSPS) is 24.4. The Morgan fingerprint density at radius 3 is 2.71 bits per heavy atom. The van der Waals surface area contributed by atoms with E-state index >= 15 is 0 Å². The molecule has 4 nitrogen and oxygen atoms in total. The van der Waals surface area contributed by atoms with Crippen molar-refractivity contribution in [1.82, 2.24) is 0 Å². The summed E-state index contributed by atoms with van der Waals surface area (Å²) in [5.74, 6) is 0.846. The second-order valence-electron chi connectivity index (χ2n) is 6.71. The zero-order valence-corrected chi connectivity index (χ0v) is 13.3. The highest BCUT2D eigenvalue weighted by molar-refractivity contribution is 5.93. The van der Waals surface area contributed by atoms with Gasteiger partial charge >= 0.3 is 0 Å². The molecule has 1 aliphatic carbocycles. The van der Waals surface area contributed by atoms with Gasteiger partial charge in [-0.2, -0.15) is 0 Å². The smallest absolute Gasteiger partial charge is 0.228 e. The number of anilines is 1. The van der Waals surface area contributed by atoms with Crippen LogP contribution in [-0.4, -0.2) is 18.1 Å². The van der Waals surface area contributed by atoms with E-state index in [0.29, 0.717) is 17.4 Å². The van der Waals surface area contributed by atoms with Crippen LogP contribution < -0.4 is 10.1 Å². The number of methoxy groups -OCH3 is 1. The molecule has 2 rings (SSSR count). The van der Waals surface area contributed by atoms with E-state index < -0.39 is 0 Å². The molecule has 0 bridgehead atoms. The molecule has 1 aromatic rings. The van der Waals surface area contributed by atoms with Crippen molar-refractivity contribution in [1.29, 1.82) is 0 Å². The van der Waals surface area contributed by atoms with Crippen molar-refractivity contribution in [3.05, 3.63) is 18.2 Å². The molecule has 1 aromatic carbocycles. The Hall–Kier alpha value is -1.71. The van der Waals surface area contributed by atoms with E-state index in [-0.39, 0.29) is 23.0 Å². The quantitative estimate of drug-likeness (QED) is 0.890. The fourth-order valence-electron chi connectivity index (χ4n) is 3.57. The predicted molar refractivity (Wildman–Crippen MR) is 83.6 cm³/mol. The number of phenolic OH excluding ortho intramolecular Hbond substituents is 1. The SMILES string of the molecule is COc1ccc(NC(=O)C2C(C)CCCC2(C)C)cc1O. The minimum Gasteiger partial charge on any atom is -0.504 e. The highest BCUT2D eigenvalue weighted by atomic mass is 16.5. The minimum absolute atomic E-state index is 0.00417. The maximum absolute atomic E-state index is 12.6. The number of hydrogen-bond donors (Lipinski definition) is 2. The lowest BCUT2D eigenvalue weighted by Gasteiger charge is -2.41. The van der Waals surface area contributed by atoms with Gasteiger partial charge in [-0.05, 0) is 36.3 Å². The number of phenols is 1. The molecule has 0 heterocycles. The van der Waals surface area contributed by atoms with Crippen LogP contribution in [0.15, 0.2) is 18.2 Å². The summed E-state index contributed by atoms with van der Waals surface area (Å²) in [7, 11) is 1.50. The number of ether oxygens (including phenoxy) is 1. The average Bonchev–Trinajstić information content (AvgIpc) is 2.37. The third-order valence-corrected chi connectivity index (χ3v) is 4.62. The zero-order valence-electron chi connectivity index (χ0n) is 13.3. The molecule has 1 amide bonds. The van der Waals surface area contributed by atoms with Gasteiger partial charge in [-0.3, -0.25) is 4.79 Å². The lowest BCUT2D eigenvalue weighted by Crippen LogP contribution is -2.42. The van der Waals surface area contributed by atoms with Crippen LogP contribution in [0.25, 0.3) is 0 Å². The molecule has 1 aliphatic rings. The van der Waals surface area contributed by atoms with Crippen LogP contribution in [-0.2, 0) is 4.79 Å². The molecule has 1 fully saturated rings. The highest BCUT2D eigenvalue weighted by Crippen LogP contribution is 2.44. The molecule has 2 N–H and O–H groups in total. The Bertz CT molecular complexity index is 525. The first-order valence-electron chi connectivity index (χ1n) is 7.53. The number of nitrogens with one attached hydrogen (secondary N) is 1. The lowest BCUT2D eigenvalue weighted by molar-refractivity contribution is -0.127. The van der Waals surface area contributed by atoms with Crippen molar-refractivity contribution in [2.24, 2.45) is 17.3 Å². The molecule has 1 saturated carbocycles. The zero-order chi connectivity index (χ0) is 15.6. The van der Waals surface area contributed by atoms with Crippen LogP contribution in [0.4, 0.5) is 5.69 Å². The van der Waals surface area contributed by atoms with E-state index in [4.69, 9.17) is 4.74 Å². The number of hydrogen-bond acceptors (Lipinski definition) is 3. The van der Waals surface area contributed by atoms with Gasteiger partial charge in [-0.25, -0.2) is 0 Å². The molecule has 0 spiro atoms. The monoisotopic (exact) mass is 291 g/mol. The highest BCUT2D eigenvalue weighted by Gasteiger charge is 2.41. The number of amides is 1. The van der Waals surface area contributed by atoms with Gasteiger partial charge in [0.05, 0.1) is 7.11 Å². The van der Waals surface area contributed by atoms with Crippen molar-refractivity contribution in [3.8, 4) is 11.5 Å². The van der Waals surface area contributed by atoms with Crippen LogP contribution in [0.5, 0.6) is 11.5 Å². The first-order valence-corrected chi connectivity index (χ1v) is 7.53.